The normalized spacial score (nSPS) is 25.6. The van der Waals surface area contributed by atoms with E-state index in [1.807, 2.05) is 0 Å². The summed E-state index contributed by atoms with van der Waals surface area (Å²) in [7, 11) is 1.38. The first-order chi connectivity index (χ1) is 14.5. The number of carbonyl (C=O) groups excluding carboxylic acids is 2. The van der Waals surface area contributed by atoms with Crippen molar-refractivity contribution >= 4 is 11.9 Å². The van der Waals surface area contributed by atoms with Crippen molar-refractivity contribution in [2.24, 2.45) is 5.11 Å². The Hall–Kier alpha value is -3.39. The molecular weight excluding hydrogens is 390 g/mol. The summed E-state index contributed by atoms with van der Waals surface area (Å²) < 4.78 is 22.3. The first kappa shape index (κ1) is 21.3. The molecule has 0 spiro atoms. The molecule has 0 amide bonds. The predicted molar refractivity (Wildman–Crippen MR) is 106 cm³/mol. The summed E-state index contributed by atoms with van der Waals surface area (Å²) >= 11 is 0. The van der Waals surface area contributed by atoms with E-state index in [4.69, 9.17) is 24.5 Å². The van der Waals surface area contributed by atoms with E-state index in [1.54, 1.807) is 67.6 Å². The Morgan fingerprint density at radius 3 is 1.90 bits per heavy atom. The predicted octanol–water partition coefficient (Wildman–Crippen LogP) is 3.51. The molecule has 0 unspecified atom stereocenters. The third kappa shape index (κ3) is 4.77. The molecule has 2 aromatic rings. The molecule has 9 heteroatoms. The molecule has 0 N–H and O–H groups in total. The SMILES string of the molecule is CO[C@H]1O[C@H](C)[C@@H](N=[N+]=[N-])[C@H](OC(=O)c2ccccc2)[C@@H]1OC(=O)c1ccccc1. The molecule has 1 heterocycles. The van der Waals surface area contributed by atoms with Crippen molar-refractivity contribution < 1.29 is 28.5 Å². The Kier molecular flexibility index (Phi) is 7.03. The second kappa shape index (κ2) is 9.89. The molecule has 156 valence electrons. The van der Waals surface area contributed by atoms with Gasteiger partial charge in [-0.25, -0.2) is 9.59 Å². The molecule has 30 heavy (non-hydrogen) atoms. The van der Waals surface area contributed by atoms with Crippen molar-refractivity contribution in [3.8, 4) is 0 Å². The van der Waals surface area contributed by atoms with Gasteiger partial charge in [0.15, 0.2) is 18.5 Å². The molecule has 1 aliphatic rings. The quantitative estimate of drug-likeness (QED) is 0.310. The Morgan fingerprint density at radius 1 is 0.933 bits per heavy atom. The maximum atomic E-state index is 12.7. The number of hydrogen-bond donors (Lipinski definition) is 0. The van der Waals surface area contributed by atoms with Gasteiger partial charge in [0.1, 0.15) is 6.04 Å². The fourth-order valence-electron chi connectivity index (χ4n) is 3.19. The van der Waals surface area contributed by atoms with Crippen molar-refractivity contribution in [2.45, 2.75) is 37.6 Å². The van der Waals surface area contributed by atoms with Crippen LogP contribution in [0.4, 0.5) is 0 Å². The van der Waals surface area contributed by atoms with Gasteiger partial charge in [-0.3, -0.25) is 0 Å². The van der Waals surface area contributed by atoms with Crippen molar-refractivity contribution in [3.05, 3.63) is 82.2 Å². The molecule has 0 saturated carbocycles. The van der Waals surface area contributed by atoms with Gasteiger partial charge in [0.05, 0.1) is 17.2 Å². The number of benzene rings is 2. The van der Waals surface area contributed by atoms with Gasteiger partial charge in [0.2, 0.25) is 0 Å². The third-order valence-corrected chi connectivity index (χ3v) is 4.68. The largest absolute Gasteiger partial charge is 0.454 e. The highest BCUT2D eigenvalue weighted by atomic mass is 16.7. The van der Waals surface area contributed by atoms with E-state index in [-0.39, 0.29) is 0 Å². The molecule has 1 fully saturated rings. The monoisotopic (exact) mass is 411 g/mol. The van der Waals surface area contributed by atoms with E-state index in [0.717, 1.165) is 0 Å². The average molecular weight is 411 g/mol. The molecule has 0 aliphatic carbocycles. The lowest BCUT2D eigenvalue weighted by atomic mass is 9.97. The summed E-state index contributed by atoms with van der Waals surface area (Å²) in [6.07, 6.45) is -3.94. The molecule has 0 radical (unpaired) electrons. The smallest absolute Gasteiger partial charge is 0.338 e. The first-order valence-corrected chi connectivity index (χ1v) is 9.29. The number of ether oxygens (including phenoxy) is 4. The Morgan fingerprint density at radius 2 is 1.43 bits per heavy atom. The van der Waals surface area contributed by atoms with Gasteiger partial charge < -0.3 is 18.9 Å². The topological polar surface area (TPSA) is 120 Å². The number of azide groups is 1. The van der Waals surface area contributed by atoms with Crippen LogP contribution in [-0.4, -0.2) is 49.7 Å². The lowest BCUT2D eigenvalue weighted by molar-refractivity contribution is -0.259. The molecule has 2 aromatic carbocycles. The zero-order chi connectivity index (χ0) is 21.5. The maximum absolute atomic E-state index is 12.7. The third-order valence-electron chi connectivity index (χ3n) is 4.68. The first-order valence-electron chi connectivity index (χ1n) is 9.29. The minimum Gasteiger partial charge on any atom is -0.454 e. The number of esters is 2. The van der Waals surface area contributed by atoms with Crippen LogP contribution < -0.4 is 0 Å². The van der Waals surface area contributed by atoms with Gasteiger partial charge in [-0.05, 0) is 36.7 Å². The van der Waals surface area contributed by atoms with Crippen LogP contribution in [0.5, 0.6) is 0 Å². The second-order valence-corrected chi connectivity index (χ2v) is 6.61. The fraction of sp³-hybridized carbons (Fsp3) is 0.333. The van der Waals surface area contributed by atoms with Gasteiger partial charge >= 0.3 is 11.9 Å². The Bertz CT molecular complexity index is 917. The number of methoxy groups -OCH3 is 1. The zero-order valence-corrected chi connectivity index (χ0v) is 16.5. The second-order valence-electron chi connectivity index (χ2n) is 6.61. The minimum atomic E-state index is -1.15. The summed E-state index contributed by atoms with van der Waals surface area (Å²) in [5.41, 5.74) is 9.61. The van der Waals surface area contributed by atoms with Crippen LogP contribution in [0, 0.1) is 0 Å². The molecule has 1 saturated heterocycles. The van der Waals surface area contributed by atoms with Crippen LogP contribution in [0.25, 0.3) is 10.4 Å². The molecular formula is C21H21N3O6. The summed E-state index contributed by atoms with van der Waals surface area (Å²) in [6, 6.07) is 15.7. The Labute approximate surface area is 173 Å². The van der Waals surface area contributed by atoms with Crippen LogP contribution in [0.1, 0.15) is 27.6 Å². The van der Waals surface area contributed by atoms with Crippen molar-refractivity contribution in [2.75, 3.05) is 7.11 Å². The lowest BCUT2D eigenvalue weighted by Crippen LogP contribution is -2.59. The van der Waals surface area contributed by atoms with Gasteiger partial charge in [0, 0.05) is 12.0 Å². The van der Waals surface area contributed by atoms with Crippen LogP contribution in [0.15, 0.2) is 65.8 Å². The van der Waals surface area contributed by atoms with Crippen LogP contribution in [0.3, 0.4) is 0 Å². The van der Waals surface area contributed by atoms with Crippen LogP contribution in [-0.2, 0) is 18.9 Å². The fourth-order valence-corrected chi connectivity index (χ4v) is 3.19. The molecule has 3 rings (SSSR count). The molecule has 0 bridgehead atoms. The Balaban J connectivity index is 1.92. The molecule has 1 aliphatic heterocycles. The van der Waals surface area contributed by atoms with Crippen LogP contribution in [0.2, 0.25) is 0 Å². The van der Waals surface area contributed by atoms with E-state index in [2.05, 4.69) is 10.0 Å². The van der Waals surface area contributed by atoms with Gasteiger partial charge in [0.25, 0.3) is 0 Å². The highest BCUT2D eigenvalue weighted by Gasteiger charge is 2.49. The highest BCUT2D eigenvalue weighted by Crippen LogP contribution is 2.30. The van der Waals surface area contributed by atoms with Gasteiger partial charge in [-0.2, -0.15) is 0 Å². The maximum Gasteiger partial charge on any atom is 0.338 e. The number of hydrogen-bond acceptors (Lipinski definition) is 7. The van der Waals surface area contributed by atoms with E-state index < -0.39 is 42.6 Å². The lowest BCUT2D eigenvalue weighted by Gasteiger charge is -2.42. The van der Waals surface area contributed by atoms with E-state index in [9.17, 15) is 9.59 Å². The van der Waals surface area contributed by atoms with Crippen molar-refractivity contribution in [3.63, 3.8) is 0 Å². The van der Waals surface area contributed by atoms with Crippen molar-refractivity contribution in [1.29, 1.82) is 0 Å². The summed E-state index contributed by atoms with van der Waals surface area (Å²) in [4.78, 5) is 28.2. The molecule has 5 atom stereocenters. The zero-order valence-electron chi connectivity index (χ0n) is 16.5. The number of carbonyl (C=O) groups is 2. The van der Waals surface area contributed by atoms with Crippen molar-refractivity contribution in [1.82, 2.24) is 0 Å². The highest BCUT2D eigenvalue weighted by molar-refractivity contribution is 5.90. The van der Waals surface area contributed by atoms with Crippen LogP contribution >= 0.6 is 0 Å². The molecule has 0 aromatic heterocycles. The minimum absolute atomic E-state index is 0.304. The summed E-state index contributed by atoms with van der Waals surface area (Å²) in [6.45, 7) is 1.66. The standard InChI is InChI=1S/C21H21N3O6/c1-13-16(23-24-22)17(29-19(25)14-9-5-3-6-10-14)18(21(27-2)28-13)30-20(26)15-11-7-4-8-12-15/h3-13,16-18,21H,1-2H3/t13-,16-,17+,18+,21+/m1/s1. The van der Waals surface area contributed by atoms with Gasteiger partial charge in [-0.1, -0.05) is 41.5 Å². The molecule has 9 nitrogen and oxygen atoms in total. The number of rotatable bonds is 6. The van der Waals surface area contributed by atoms with E-state index in [0.29, 0.717) is 11.1 Å². The summed E-state index contributed by atoms with van der Waals surface area (Å²) in [5.74, 6) is -1.30. The average Bonchev–Trinajstić information content (AvgIpc) is 2.78. The van der Waals surface area contributed by atoms with E-state index in [1.165, 1.54) is 7.11 Å². The summed E-state index contributed by atoms with van der Waals surface area (Å²) in [5, 5.41) is 3.72. The number of nitrogens with zero attached hydrogens (tertiary/aromatic N) is 3. The van der Waals surface area contributed by atoms with E-state index >= 15 is 0 Å². The van der Waals surface area contributed by atoms with Gasteiger partial charge in [-0.15, -0.1) is 0 Å².